The van der Waals surface area contributed by atoms with Crippen molar-refractivity contribution in [3.8, 4) is 0 Å². The number of carbonyl (C=O) groups is 1. The smallest absolute Gasteiger partial charge is 0.224 e. The van der Waals surface area contributed by atoms with Crippen molar-refractivity contribution in [2.75, 3.05) is 16.8 Å². The minimum Gasteiger partial charge on any atom is -0.326 e. The lowest BCUT2D eigenvalue weighted by molar-refractivity contribution is -0.116. The number of benzene rings is 1. The quantitative estimate of drug-likeness (QED) is 0.743. The van der Waals surface area contributed by atoms with E-state index >= 15 is 0 Å². The van der Waals surface area contributed by atoms with E-state index in [1.54, 1.807) is 0 Å². The Morgan fingerprint density at radius 2 is 2.10 bits per heavy atom. The molecular weight excluding hydrogens is 286 g/mol. The molecule has 0 radical (unpaired) electrons. The van der Waals surface area contributed by atoms with Crippen LogP contribution in [0.5, 0.6) is 0 Å². The molecule has 2 rings (SSSR count). The first-order valence-corrected chi connectivity index (χ1v) is 9.52. The molecule has 20 heavy (non-hydrogen) atoms. The summed E-state index contributed by atoms with van der Waals surface area (Å²) in [6.07, 6.45) is 5.20. The Morgan fingerprint density at radius 1 is 1.30 bits per heavy atom. The van der Waals surface area contributed by atoms with Crippen LogP contribution < -0.4 is 5.32 Å². The highest BCUT2D eigenvalue weighted by Crippen LogP contribution is 2.43. The number of rotatable bonds is 6. The molecule has 4 heteroatoms. The lowest BCUT2D eigenvalue weighted by atomic mass is 10.2. The van der Waals surface area contributed by atoms with E-state index in [0.29, 0.717) is 11.0 Å². The molecule has 1 aromatic rings. The van der Waals surface area contributed by atoms with Gasteiger partial charge in [0.05, 0.1) is 4.58 Å². The van der Waals surface area contributed by atoms with Gasteiger partial charge in [0.1, 0.15) is 0 Å². The molecule has 1 heterocycles. The molecule has 1 aliphatic rings. The second kappa shape index (κ2) is 8.63. The van der Waals surface area contributed by atoms with Gasteiger partial charge in [0, 0.05) is 12.1 Å². The average Bonchev–Trinajstić information content (AvgIpc) is 2.49. The van der Waals surface area contributed by atoms with Crippen LogP contribution in [0.15, 0.2) is 24.3 Å². The van der Waals surface area contributed by atoms with Crippen LogP contribution in [0.25, 0.3) is 0 Å². The molecule has 110 valence electrons. The van der Waals surface area contributed by atoms with Crippen molar-refractivity contribution in [2.45, 2.75) is 43.6 Å². The van der Waals surface area contributed by atoms with Gasteiger partial charge in [-0.1, -0.05) is 31.9 Å². The second-order valence-electron chi connectivity index (χ2n) is 5.06. The van der Waals surface area contributed by atoms with Crippen LogP contribution in [0.3, 0.4) is 0 Å². The van der Waals surface area contributed by atoms with Crippen molar-refractivity contribution in [2.24, 2.45) is 0 Å². The third-order valence-electron chi connectivity index (χ3n) is 3.28. The maximum absolute atomic E-state index is 11.9. The van der Waals surface area contributed by atoms with Crippen LogP contribution in [-0.2, 0) is 4.79 Å². The Labute approximate surface area is 130 Å². The fourth-order valence-electron chi connectivity index (χ4n) is 2.20. The Hall–Kier alpha value is -0.610. The highest BCUT2D eigenvalue weighted by Gasteiger charge is 2.16. The zero-order chi connectivity index (χ0) is 14.2. The number of anilines is 1. The second-order valence-corrected chi connectivity index (χ2v) is 7.78. The molecule has 1 amide bonds. The summed E-state index contributed by atoms with van der Waals surface area (Å²) in [5.41, 5.74) is 2.27. The Balaban J connectivity index is 1.90. The molecule has 0 atom stereocenters. The summed E-state index contributed by atoms with van der Waals surface area (Å²) in [6.45, 7) is 2.15. The first-order valence-electron chi connectivity index (χ1n) is 7.42. The number of thioether (sulfide) groups is 2. The lowest BCUT2D eigenvalue weighted by Gasteiger charge is -2.21. The summed E-state index contributed by atoms with van der Waals surface area (Å²) in [5.74, 6) is 2.62. The van der Waals surface area contributed by atoms with E-state index in [1.165, 1.54) is 23.5 Å². The Kier molecular flexibility index (Phi) is 6.80. The van der Waals surface area contributed by atoms with Crippen molar-refractivity contribution in [1.29, 1.82) is 0 Å². The molecule has 0 aliphatic carbocycles. The standard InChI is InChI=1S/C16H23NOS2/c1-2-3-4-9-15(18)17-14-8-5-7-13(12-14)16-19-10-6-11-20-16/h5,7-8,12,16H,2-4,6,9-11H2,1H3,(H,17,18). The van der Waals surface area contributed by atoms with Crippen molar-refractivity contribution >= 4 is 35.1 Å². The minimum absolute atomic E-state index is 0.138. The molecule has 0 unspecified atom stereocenters. The van der Waals surface area contributed by atoms with E-state index < -0.39 is 0 Å². The first kappa shape index (κ1) is 15.8. The summed E-state index contributed by atoms with van der Waals surface area (Å²) in [6, 6.07) is 8.34. The van der Waals surface area contributed by atoms with Gasteiger partial charge in [0.2, 0.25) is 5.91 Å². The molecule has 0 saturated carbocycles. The van der Waals surface area contributed by atoms with Gasteiger partial charge in [-0.05, 0) is 42.0 Å². The van der Waals surface area contributed by atoms with E-state index in [-0.39, 0.29) is 5.91 Å². The Bertz CT molecular complexity index is 430. The maximum atomic E-state index is 11.9. The molecule has 1 aromatic carbocycles. The summed E-state index contributed by atoms with van der Waals surface area (Å²) < 4.78 is 0.528. The summed E-state index contributed by atoms with van der Waals surface area (Å²) >= 11 is 4.02. The fourth-order valence-corrected chi connectivity index (χ4v) is 5.08. The van der Waals surface area contributed by atoms with Crippen molar-refractivity contribution in [1.82, 2.24) is 0 Å². The van der Waals surface area contributed by atoms with E-state index in [9.17, 15) is 4.79 Å². The SMILES string of the molecule is CCCCCC(=O)Nc1cccc(C2SCCCS2)c1. The summed E-state index contributed by atoms with van der Waals surface area (Å²) in [5, 5.41) is 3.02. The highest BCUT2D eigenvalue weighted by molar-refractivity contribution is 8.16. The number of hydrogen-bond donors (Lipinski definition) is 1. The molecular formula is C16H23NOS2. The zero-order valence-electron chi connectivity index (χ0n) is 12.1. The number of unbranched alkanes of at least 4 members (excludes halogenated alkanes) is 2. The van der Waals surface area contributed by atoms with Gasteiger partial charge in [-0.2, -0.15) is 0 Å². The van der Waals surface area contributed by atoms with Crippen LogP contribution in [0.4, 0.5) is 5.69 Å². The van der Waals surface area contributed by atoms with Crippen LogP contribution in [-0.4, -0.2) is 17.4 Å². The van der Waals surface area contributed by atoms with Gasteiger partial charge in [0.15, 0.2) is 0 Å². The van der Waals surface area contributed by atoms with Gasteiger partial charge in [-0.25, -0.2) is 0 Å². The normalized spacial score (nSPS) is 16.1. The average molecular weight is 310 g/mol. The number of carbonyl (C=O) groups excluding carboxylic acids is 1. The summed E-state index contributed by atoms with van der Waals surface area (Å²) in [7, 11) is 0. The predicted molar refractivity (Wildman–Crippen MR) is 91.5 cm³/mol. The number of amides is 1. The van der Waals surface area contributed by atoms with Crippen molar-refractivity contribution < 1.29 is 4.79 Å². The predicted octanol–water partition coefficient (Wildman–Crippen LogP) is 5.07. The van der Waals surface area contributed by atoms with E-state index in [1.807, 2.05) is 35.7 Å². The van der Waals surface area contributed by atoms with Gasteiger partial charge in [-0.15, -0.1) is 23.5 Å². The molecule has 0 bridgehead atoms. The van der Waals surface area contributed by atoms with Gasteiger partial charge < -0.3 is 5.32 Å². The minimum atomic E-state index is 0.138. The molecule has 1 fully saturated rings. The molecule has 1 aliphatic heterocycles. The number of nitrogens with one attached hydrogen (secondary N) is 1. The van der Waals surface area contributed by atoms with Crippen LogP contribution in [0.2, 0.25) is 0 Å². The van der Waals surface area contributed by atoms with E-state index in [2.05, 4.69) is 24.4 Å². The van der Waals surface area contributed by atoms with Crippen LogP contribution in [0.1, 0.15) is 49.2 Å². The highest BCUT2D eigenvalue weighted by atomic mass is 32.2. The van der Waals surface area contributed by atoms with Crippen LogP contribution >= 0.6 is 23.5 Å². The molecule has 1 saturated heterocycles. The van der Waals surface area contributed by atoms with Crippen molar-refractivity contribution in [3.63, 3.8) is 0 Å². The fraction of sp³-hybridized carbons (Fsp3) is 0.562. The number of hydrogen-bond acceptors (Lipinski definition) is 3. The largest absolute Gasteiger partial charge is 0.326 e. The lowest BCUT2D eigenvalue weighted by Crippen LogP contribution is -2.11. The molecule has 0 spiro atoms. The maximum Gasteiger partial charge on any atom is 0.224 e. The molecule has 2 nitrogen and oxygen atoms in total. The third-order valence-corrected chi connectivity index (χ3v) is 6.29. The Morgan fingerprint density at radius 3 is 2.85 bits per heavy atom. The molecule has 1 N–H and O–H groups in total. The summed E-state index contributed by atoms with van der Waals surface area (Å²) in [4.78, 5) is 11.9. The van der Waals surface area contributed by atoms with Gasteiger partial charge in [-0.3, -0.25) is 4.79 Å². The first-order chi connectivity index (χ1) is 9.79. The topological polar surface area (TPSA) is 29.1 Å². The van der Waals surface area contributed by atoms with Crippen molar-refractivity contribution in [3.05, 3.63) is 29.8 Å². The molecule has 0 aromatic heterocycles. The zero-order valence-corrected chi connectivity index (χ0v) is 13.7. The van der Waals surface area contributed by atoms with E-state index in [0.717, 1.165) is 24.9 Å². The van der Waals surface area contributed by atoms with Crippen LogP contribution in [0, 0.1) is 0 Å². The van der Waals surface area contributed by atoms with Gasteiger partial charge >= 0.3 is 0 Å². The third kappa shape index (κ3) is 5.06. The van der Waals surface area contributed by atoms with Gasteiger partial charge in [0.25, 0.3) is 0 Å². The monoisotopic (exact) mass is 309 g/mol. The van der Waals surface area contributed by atoms with E-state index in [4.69, 9.17) is 0 Å².